The maximum atomic E-state index is 6.00. The van der Waals surface area contributed by atoms with E-state index >= 15 is 0 Å². The standard InChI is InChI=1S/C16H16BrClO3/c1-19-13-7-4-10(8-15(13)21-3)16(17)12-6-5-11(18)9-14(12)20-2/h4-9,16H,1-3H3. The van der Waals surface area contributed by atoms with Crippen LogP contribution in [0.5, 0.6) is 17.2 Å². The minimum absolute atomic E-state index is 0.0375. The summed E-state index contributed by atoms with van der Waals surface area (Å²) in [6, 6.07) is 11.4. The van der Waals surface area contributed by atoms with Crippen LogP contribution in [0.2, 0.25) is 5.02 Å². The minimum atomic E-state index is -0.0375. The van der Waals surface area contributed by atoms with Crippen molar-refractivity contribution in [2.24, 2.45) is 0 Å². The minimum Gasteiger partial charge on any atom is -0.496 e. The number of benzene rings is 2. The quantitative estimate of drug-likeness (QED) is 0.703. The molecule has 5 heteroatoms. The van der Waals surface area contributed by atoms with E-state index in [-0.39, 0.29) is 4.83 Å². The number of rotatable bonds is 5. The predicted octanol–water partition coefficient (Wildman–Crippen LogP) is 4.85. The van der Waals surface area contributed by atoms with E-state index < -0.39 is 0 Å². The molecule has 0 saturated heterocycles. The van der Waals surface area contributed by atoms with Crippen LogP contribution in [0.1, 0.15) is 16.0 Å². The zero-order chi connectivity index (χ0) is 15.4. The lowest BCUT2D eigenvalue weighted by molar-refractivity contribution is 0.354. The van der Waals surface area contributed by atoms with Gasteiger partial charge in [-0.3, -0.25) is 0 Å². The monoisotopic (exact) mass is 370 g/mol. The van der Waals surface area contributed by atoms with E-state index in [2.05, 4.69) is 15.9 Å². The van der Waals surface area contributed by atoms with Crippen LogP contribution in [0.15, 0.2) is 36.4 Å². The number of alkyl halides is 1. The first-order chi connectivity index (χ1) is 10.1. The van der Waals surface area contributed by atoms with Gasteiger partial charge < -0.3 is 14.2 Å². The summed E-state index contributed by atoms with van der Waals surface area (Å²) in [4.78, 5) is -0.0375. The molecule has 0 heterocycles. The zero-order valence-electron chi connectivity index (χ0n) is 12.0. The molecule has 2 rings (SSSR count). The molecule has 0 amide bonds. The van der Waals surface area contributed by atoms with E-state index in [1.807, 2.05) is 30.3 Å². The lowest BCUT2D eigenvalue weighted by Crippen LogP contribution is -1.98. The second kappa shape index (κ2) is 7.05. The molecular formula is C16H16BrClO3. The molecule has 2 aromatic carbocycles. The van der Waals surface area contributed by atoms with Crippen LogP contribution in [0, 0.1) is 0 Å². The first kappa shape index (κ1) is 16.0. The maximum absolute atomic E-state index is 6.00. The van der Waals surface area contributed by atoms with Crippen molar-refractivity contribution in [3.63, 3.8) is 0 Å². The van der Waals surface area contributed by atoms with Crippen molar-refractivity contribution in [3.8, 4) is 17.2 Å². The van der Waals surface area contributed by atoms with Crippen LogP contribution in [-0.4, -0.2) is 21.3 Å². The fraction of sp³-hybridized carbons (Fsp3) is 0.250. The third-order valence-corrected chi connectivity index (χ3v) is 4.43. The molecule has 2 aromatic rings. The Morgan fingerprint density at radius 1 is 0.857 bits per heavy atom. The van der Waals surface area contributed by atoms with Gasteiger partial charge in [-0.05, 0) is 29.8 Å². The van der Waals surface area contributed by atoms with Gasteiger partial charge in [-0.25, -0.2) is 0 Å². The lowest BCUT2D eigenvalue weighted by atomic mass is 10.0. The summed E-state index contributed by atoms with van der Waals surface area (Å²) < 4.78 is 16.0. The van der Waals surface area contributed by atoms with Gasteiger partial charge in [0.15, 0.2) is 11.5 Å². The SMILES string of the molecule is COc1ccc(C(Br)c2ccc(Cl)cc2OC)cc1OC. The Morgan fingerprint density at radius 3 is 2.14 bits per heavy atom. The summed E-state index contributed by atoms with van der Waals surface area (Å²) >= 11 is 9.70. The number of halogens is 2. The highest BCUT2D eigenvalue weighted by molar-refractivity contribution is 9.09. The van der Waals surface area contributed by atoms with Crippen molar-refractivity contribution in [1.82, 2.24) is 0 Å². The normalized spacial score (nSPS) is 11.9. The highest BCUT2D eigenvalue weighted by Gasteiger charge is 2.17. The number of hydrogen-bond acceptors (Lipinski definition) is 3. The first-order valence-corrected chi connectivity index (χ1v) is 7.59. The Morgan fingerprint density at radius 2 is 1.52 bits per heavy atom. The molecule has 0 N–H and O–H groups in total. The molecule has 112 valence electrons. The predicted molar refractivity (Wildman–Crippen MR) is 88.3 cm³/mol. The van der Waals surface area contributed by atoms with Gasteiger partial charge in [0.2, 0.25) is 0 Å². The Hall–Kier alpha value is -1.39. The molecule has 0 radical (unpaired) electrons. The van der Waals surface area contributed by atoms with Crippen molar-refractivity contribution < 1.29 is 14.2 Å². The second-order valence-electron chi connectivity index (χ2n) is 4.36. The Balaban J connectivity index is 2.42. The highest BCUT2D eigenvalue weighted by atomic mass is 79.9. The molecule has 1 unspecified atom stereocenters. The van der Waals surface area contributed by atoms with Gasteiger partial charge in [-0.15, -0.1) is 0 Å². The van der Waals surface area contributed by atoms with Crippen molar-refractivity contribution >= 4 is 27.5 Å². The fourth-order valence-corrected chi connectivity index (χ4v) is 2.91. The molecule has 0 aliphatic rings. The van der Waals surface area contributed by atoms with Crippen LogP contribution in [0.3, 0.4) is 0 Å². The number of methoxy groups -OCH3 is 3. The first-order valence-electron chi connectivity index (χ1n) is 6.30. The average molecular weight is 372 g/mol. The fourth-order valence-electron chi connectivity index (χ4n) is 2.08. The van der Waals surface area contributed by atoms with E-state index in [0.29, 0.717) is 16.5 Å². The molecule has 0 fully saturated rings. The molecule has 0 spiro atoms. The number of hydrogen-bond donors (Lipinski definition) is 0. The van der Waals surface area contributed by atoms with E-state index in [1.54, 1.807) is 27.4 Å². The summed E-state index contributed by atoms with van der Waals surface area (Å²) in [5.41, 5.74) is 2.03. The lowest BCUT2D eigenvalue weighted by Gasteiger charge is -2.17. The molecule has 0 aliphatic carbocycles. The van der Waals surface area contributed by atoms with Crippen molar-refractivity contribution in [1.29, 1.82) is 0 Å². The van der Waals surface area contributed by atoms with E-state index in [1.165, 1.54) is 0 Å². The Labute approximate surface area is 137 Å². The van der Waals surface area contributed by atoms with Crippen molar-refractivity contribution in [2.45, 2.75) is 4.83 Å². The molecular weight excluding hydrogens is 356 g/mol. The average Bonchev–Trinajstić information content (AvgIpc) is 2.53. The molecule has 1 atom stereocenters. The second-order valence-corrected chi connectivity index (χ2v) is 5.72. The molecule has 0 aromatic heterocycles. The van der Waals surface area contributed by atoms with Crippen LogP contribution in [0.4, 0.5) is 0 Å². The maximum Gasteiger partial charge on any atom is 0.161 e. The molecule has 0 aliphatic heterocycles. The third kappa shape index (κ3) is 3.44. The van der Waals surface area contributed by atoms with Gasteiger partial charge in [0.1, 0.15) is 5.75 Å². The van der Waals surface area contributed by atoms with Crippen LogP contribution in [-0.2, 0) is 0 Å². The topological polar surface area (TPSA) is 27.7 Å². The summed E-state index contributed by atoms with van der Waals surface area (Å²) in [6.07, 6.45) is 0. The Bertz CT molecular complexity index is 631. The van der Waals surface area contributed by atoms with Crippen molar-refractivity contribution in [3.05, 3.63) is 52.5 Å². The summed E-state index contributed by atoms with van der Waals surface area (Å²) in [5.74, 6) is 2.12. The van der Waals surface area contributed by atoms with Crippen LogP contribution < -0.4 is 14.2 Å². The Kier molecular flexibility index (Phi) is 5.37. The summed E-state index contributed by atoms with van der Waals surface area (Å²) in [6.45, 7) is 0. The summed E-state index contributed by atoms with van der Waals surface area (Å²) in [7, 11) is 4.86. The van der Waals surface area contributed by atoms with Crippen molar-refractivity contribution in [2.75, 3.05) is 21.3 Å². The van der Waals surface area contributed by atoms with Gasteiger partial charge in [-0.1, -0.05) is 39.7 Å². The van der Waals surface area contributed by atoms with Gasteiger partial charge >= 0.3 is 0 Å². The largest absolute Gasteiger partial charge is 0.496 e. The molecule has 3 nitrogen and oxygen atoms in total. The molecule has 21 heavy (non-hydrogen) atoms. The third-order valence-electron chi connectivity index (χ3n) is 3.17. The smallest absolute Gasteiger partial charge is 0.161 e. The summed E-state index contributed by atoms with van der Waals surface area (Å²) in [5, 5.41) is 0.641. The highest BCUT2D eigenvalue weighted by Crippen LogP contribution is 2.40. The van der Waals surface area contributed by atoms with Gasteiger partial charge in [0, 0.05) is 10.6 Å². The van der Waals surface area contributed by atoms with Gasteiger partial charge in [0.05, 0.1) is 26.2 Å². The van der Waals surface area contributed by atoms with E-state index in [4.69, 9.17) is 25.8 Å². The molecule has 0 saturated carbocycles. The van der Waals surface area contributed by atoms with Crippen LogP contribution in [0.25, 0.3) is 0 Å². The molecule has 0 bridgehead atoms. The van der Waals surface area contributed by atoms with Gasteiger partial charge in [0.25, 0.3) is 0 Å². The van der Waals surface area contributed by atoms with Gasteiger partial charge in [-0.2, -0.15) is 0 Å². The van der Waals surface area contributed by atoms with Crippen LogP contribution >= 0.6 is 27.5 Å². The van der Waals surface area contributed by atoms with E-state index in [0.717, 1.165) is 16.9 Å². The number of ether oxygens (including phenoxy) is 3. The van der Waals surface area contributed by atoms with E-state index in [9.17, 15) is 0 Å². The zero-order valence-corrected chi connectivity index (χ0v) is 14.4.